The molecule has 2 amide bonds. The lowest BCUT2D eigenvalue weighted by Crippen LogP contribution is -2.63. The van der Waals surface area contributed by atoms with Crippen molar-refractivity contribution in [1.29, 1.82) is 5.26 Å². The summed E-state index contributed by atoms with van der Waals surface area (Å²) >= 11 is 0. The van der Waals surface area contributed by atoms with E-state index in [4.69, 9.17) is 10.00 Å². The van der Waals surface area contributed by atoms with Gasteiger partial charge in [-0.15, -0.1) is 0 Å². The number of piperazine rings is 1. The Balaban J connectivity index is 1.08. The molecule has 3 aromatic rings. The number of alkyl halides is 3. The average molecular weight is 592 g/mol. The molecule has 1 aromatic heterocycles. The van der Waals surface area contributed by atoms with Crippen LogP contribution in [-0.2, 0) is 17.9 Å². The molecule has 43 heavy (non-hydrogen) atoms. The number of ether oxygens (including phenoxy) is 1. The minimum Gasteiger partial charge on any atom is -0.457 e. The van der Waals surface area contributed by atoms with Crippen molar-refractivity contribution in [1.82, 2.24) is 25.6 Å². The topological polar surface area (TPSA) is 114 Å². The molecule has 2 saturated heterocycles. The number of benzene rings is 2. The minimum absolute atomic E-state index is 0.0308. The second-order valence-corrected chi connectivity index (χ2v) is 10.7. The fourth-order valence-corrected chi connectivity index (χ4v) is 5.82. The molecule has 2 atom stereocenters. The Labute approximate surface area is 245 Å². The van der Waals surface area contributed by atoms with Crippen molar-refractivity contribution in [3.63, 3.8) is 0 Å². The number of aromatic nitrogens is 1. The van der Waals surface area contributed by atoms with Crippen molar-refractivity contribution in [2.45, 2.75) is 25.3 Å². The van der Waals surface area contributed by atoms with Crippen LogP contribution >= 0.6 is 0 Å². The lowest BCUT2D eigenvalue weighted by atomic mass is 9.95. The zero-order chi connectivity index (χ0) is 30.1. The van der Waals surface area contributed by atoms with Crippen molar-refractivity contribution in [2.24, 2.45) is 5.92 Å². The van der Waals surface area contributed by atoms with Crippen LogP contribution in [0, 0.1) is 17.2 Å². The Bertz CT molecular complexity index is 1550. The van der Waals surface area contributed by atoms with Crippen molar-refractivity contribution < 1.29 is 27.5 Å². The number of halogens is 3. The lowest BCUT2D eigenvalue weighted by Gasteiger charge is -2.38. The number of carbonyl (C=O) groups is 2. The zero-order valence-electron chi connectivity index (χ0n) is 23.0. The summed E-state index contributed by atoms with van der Waals surface area (Å²) in [6.07, 6.45) is -3.13. The van der Waals surface area contributed by atoms with E-state index in [1.54, 1.807) is 58.3 Å². The Morgan fingerprint density at radius 2 is 1.79 bits per heavy atom. The highest BCUT2D eigenvalue weighted by molar-refractivity contribution is 5.94. The Morgan fingerprint density at radius 3 is 2.47 bits per heavy atom. The van der Waals surface area contributed by atoms with Gasteiger partial charge >= 0.3 is 6.18 Å². The number of rotatable bonds is 5. The highest BCUT2D eigenvalue weighted by Crippen LogP contribution is 2.39. The van der Waals surface area contributed by atoms with E-state index < -0.39 is 24.0 Å². The highest BCUT2D eigenvalue weighted by atomic mass is 19.4. The maximum absolute atomic E-state index is 13.7. The zero-order valence-corrected chi connectivity index (χ0v) is 23.0. The van der Waals surface area contributed by atoms with E-state index in [0.29, 0.717) is 48.8 Å². The number of nitriles is 1. The second-order valence-electron chi connectivity index (χ2n) is 10.7. The number of hydrogen-bond acceptors (Lipinski definition) is 8. The normalized spacial score (nSPS) is 20.7. The average Bonchev–Trinajstić information content (AvgIpc) is 3.46. The maximum Gasteiger partial charge on any atom is 0.402 e. The standard InChI is InChI=1S/C30H28F3N7O3/c31-30(32,33)27-24(16-36-37-28(27)41)40-17-21-2-1-3-25(23(21)18-40)43-22-7-5-20(6-8-22)29(42)39-12-10-38(11-13-39)26-9-4-19(14-34)15-35-26/h1-9,15,24,27,36H,10-13,16-18H2,(H,37,41). The van der Waals surface area contributed by atoms with Gasteiger partial charge in [0.05, 0.1) is 5.56 Å². The number of fused-ring (bicyclic) bond motifs is 1. The molecule has 3 aliphatic rings. The minimum atomic E-state index is -4.67. The van der Waals surface area contributed by atoms with E-state index in [1.165, 1.54) is 6.20 Å². The van der Waals surface area contributed by atoms with Crippen molar-refractivity contribution in [3.05, 3.63) is 83.0 Å². The van der Waals surface area contributed by atoms with Crippen LogP contribution in [0.15, 0.2) is 60.8 Å². The summed E-state index contributed by atoms with van der Waals surface area (Å²) in [5, 5.41) is 8.96. The van der Waals surface area contributed by atoms with Crippen LogP contribution in [0.1, 0.15) is 27.0 Å². The van der Waals surface area contributed by atoms with E-state index in [-0.39, 0.29) is 25.5 Å². The number of anilines is 1. The van der Waals surface area contributed by atoms with Gasteiger partial charge in [0.15, 0.2) is 5.92 Å². The number of carbonyl (C=O) groups excluding carboxylic acids is 2. The van der Waals surface area contributed by atoms with Crippen molar-refractivity contribution in [2.75, 3.05) is 37.6 Å². The molecule has 4 heterocycles. The van der Waals surface area contributed by atoms with E-state index in [1.807, 2.05) is 6.07 Å². The Kier molecular flexibility index (Phi) is 7.64. The van der Waals surface area contributed by atoms with Gasteiger partial charge in [0.1, 0.15) is 23.4 Å². The fraction of sp³-hybridized carbons (Fsp3) is 0.333. The molecular weight excluding hydrogens is 563 g/mol. The number of pyridine rings is 1. The Morgan fingerprint density at radius 1 is 1.02 bits per heavy atom. The molecule has 2 fully saturated rings. The van der Waals surface area contributed by atoms with Gasteiger partial charge in [-0.3, -0.25) is 19.9 Å². The van der Waals surface area contributed by atoms with Crippen LogP contribution < -0.4 is 20.5 Å². The molecule has 6 rings (SSSR count). The second kappa shape index (κ2) is 11.5. The van der Waals surface area contributed by atoms with Gasteiger partial charge in [-0.05, 0) is 48.0 Å². The van der Waals surface area contributed by atoms with Crippen molar-refractivity contribution >= 4 is 17.6 Å². The van der Waals surface area contributed by atoms with Crippen LogP contribution in [0.5, 0.6) is 11.5 Å². The molecule has 0 radical (unpaired) electrons. The number of nitrogens with zero attached hydrogens (tertiary/aromatic N) is 5. The molecule has 0 bridgehead atoms. The number of nitrogens with one attached hydrogen (secondary N) is 2. The molecule has 0 aliphatic carbocycles. The molecule has 2 unspecified atom stereocenters. The quantitative estimate of drug-likeness (QED) is 0.465. The van der Waals surface area contributed by atoms with Gasteiger partial charge in [-0.2, -0.15) is 18.4 Å². The van der Waals surface area contributed by atoms with Gasteiger partial charge < -0.3 is 14.5 Å². The molecule has 2 N–H and O–H groups in total. The molecule has 10 nitrogen and oxygen atoms in total. The first-order valence-corrected chi connectivity index (χ1v) is 13.8. The van der Waals surface area contributed by atoms with Crippen LogP contribution in [0.25, 0.3) is 0 Å². The maximum atomic E-state index is 13.7. The predicted molar refractivity (Wildman–Crippen MR) is 149 cm³/mol. The third-order valence-corrected chi connectivity index (χ3v) is 8.07. The van der Waals surface area contributed by atoms with Crippen LogP contribution in [-0.4, -0.2) is 71.5 Å². The summed E-state index contributed by atoms with van der Waals surface area (Å²) in [5.41, 5.74) is 7.30. The molecule has 3 aliphatic heterocycles. The molecule has 2 aromatic carbocycles. The largest absolute Gasteiger partial charge is 0.457 e. The predicted octanol–water partition coefficient (Wildman–Crippen LogP) is 3.21. The Hall–Kier alpha value is -4.67. The van der Waals surface area contributed by atoms with Crippen LogP contribution in [0.2, 0.25) is 0 Å². The SMILES string of the molecule is N#Cc1ccc(N2CCN(C(=O)c3ccc(Oc4cccc5c4CN(C4CNNC(=O)C4C(F)(F)F)C5)cc3)CC2)nc1. The smallest absolute Gasteiger partial charge is 0.402 e. The van der Waals surface area contributed by atoms with E-state index >= 15 is 0 Å². The van der Waals surface area contributed by atoms with Crippen molar-refractivity contribution in [3.8, 4) is 17.6 Å². The molecule has 222 valence electrons. The lowest BCUT2D eigenvalue weighted by molar-refractivity contribution is -0.201. The van der Waals surface area contributed by atoms with Gasteiger partial charge in [0.25, 0.3) is 5.91 Å². The van der Waals surface area contributed by atoms with E-state index in [2.05, 4.69) is 26.8 Å². The number of hydrazine groups is 1. The van der Waals surface area contributed by atoms with E-state index in [9.17, 15) is 22.8 Å². The first-order valence-electron chi connectivity index (χ1n) is 13.8. The van der Waals surface area contributed by atoms with Gasteiger partial charge in [-0.25, -0.2) is 10.4 Å². The van der Waals surface area contributed by atoms with Crippen LogP contribution in [0.3, 0.4) is 0 Å². The summed E-state index contributed by atoms with van der Waals surface area (Å²) in [4.78, 5) is 35.1. The van der Waals surface area contributed by atoms with E-state index in [0.717, 1.165) is 16.9 Å². The van der Waals surface area contributed by atoms with Gasteiger partial charge in [-0.1, -0.05) is 12.1 Å². The summed E-state index contributed by atoms with van der Waals surface area (Å²) < 4.78 is 47.3. The molecule has 0 spiro atoms. The first kappa shape index (κ1) is 28.4. The van der Waals surface area contributed by atoms with Gasteiger partial charge in [0, 0.05) is 69.2 Å². The monoisotopic (exact) mass is 591 g/mol. The summed E-state index contributed by atoms with van der Waals surface area (Å²) in [7, 11) is 0. The van der Waals surface area contributed by atoms with Crippen LogP contribution in [0.4, 0.5) is 19.0 Å². The fourth-order valence-electron chi connectivity index (χ4n) is 5.82. The first-order chi connectivity index (χ1) is 20.7. The summed E-state index contributed by atoms with van der Waals surface area (Å²) in [5.74, 6) is -1.54. The third-order valence-electron chi connectivity index (χ3n) is 8.07. The summed E-state index contributed by atoms with van der Waals surface area (Å²) in [6, 6.07) is 16.7. The number of hydrogen-bond donors (Lipinski definition) is 2. The molecule has 13 heteroatoms. The highest BCUT2D eigenvalue weighted by Gasteiger charge is 2.53. The third kappa shape index (κ3) is 5.84. The number of amides is 2. The summed E-state index contributed by atoms with van der Waals surface area (Å²) in [6.45, 7) is 2.73. The van der Waals surface area contributed by atoms with Gasteiger partial charge in [0.2, 0.25) is 5.91 Å². The molecule has 0 saturated carbocycles. The molecular formula is C30H28F3N7O3.